The monoisotopic (exact) mass is 647 g/mol. The largest absolute Gasteiger partial charge is 0.493 e. The Kier molecular flexibility index (Phi) is 10.0. The van der Waals surface area contributed by atoms with Gasteiger partial charge in [0.2, 0.25) is 5.91 Å². The topological polar surface area (TPSA) is 104 Å². The van der Waals surface area contributed by atoms with E-state index in [1.54, 1.807) is 56.9 Å². The number of carbonyl (C=O) groups is 3. The average molecular weight is 648 g/mol. The van der Waals surface area contributed by atoms with E-state index in [2.05, 4.69) is 51.3 Å². The van der Waals surface area contributed by atoms with Crippen molar-refractivity contribution in [3.63, 3.8) is 0 Å². The van der Waals surface area contributed by atoms with Crippen molar-refractivity contribution in [3.8, 4) is 11.5 Å². The maximum Gasteiger partial charge on any atom is 0.264 e. The molecule has 4 aromatic rings. The van der Waals surface area contributed by atoms with Crippen LogP contribution in [0.25, 0.3) is 0 Å². The van der Waals surface area contributed by atoms with Crippen LogP contribution in [0.3, 0.4) is 0 Å². The molecular weight excluding hydrogens is 606 g/mol. The number of carbonyl (C=O) groups excluding carboxylic acids is 3. The maximum atomic E-state index is 14.4. The first kappa shape index (κ1) is 32.7. The van der Waals surface area contributed by atoms with Gasteiger partial charge in [-0.2, -0.15) is 0 Å². The summed E-state index contributed by atoms with van der Waals surface area (Å²) in [7, 11) is 3.10. The van der Waals surface area contributed by atoms with Crippen LogP contribution in [-0.2, 0) is 11.2 Å². The fourth-order valence-corrected chi connectivity index (χ4v) is 6.73. The minimum absolute atomic E-state index is 0.155. The molecule has 2 atom stereocenters. The van der Waals surface area contributed by atoms with Gasteiger partial charge >= 0.3 is 0 Å². The van der Waals surface area contributed by atoms with Gasteiger partial charge in [-0.3, -0.25) is 29.2 Å². The van der Waals surface area contributed by atoms with Gasteiger partial charge in [-0.15, -0.1) is 0 Å². The van der Waals surface area contributed by atoms with Gasteiger partial charge in [-0.1, -0.05) is 42.5 Å². The number of amides is 3. The normalized spacial score (nSPS) is 16.0. The Morgan fingerprint density at radius 3 is 2.27 bits per heavy atom. The summed E-state index contributed by atoms with van der Waals surface area (Å²) in [6.07, 6.45) is 3.82. The zero-order valence-electron chi connectivity index (χ0n) is 27.6. The van der Waals surface area contributed by atoms with E-state index in [0.717, 1.165) is 37.4 Å². The highest BCUT2D eigenvalue weighted by atomic mass is 16.5. The summed E-state index contributed by atoms with van der Waals surface area (Å²) in [5, 5.41) is 2.97. The highest BCUT2D eigenvalue weighted by Crippen LogP contribution is 2.40. The van der Waals surface area contributed by atoms with Gasteiger partial charge in [0.05, 0.1) is 43.5 Å². The standard InChI is InChI=1S/C38H41N5O5/c1-26(28-8-5-4-6-9-28)41-20-22-42(23-21-41)32-11-7-10-30-36(32)38(46)43(37(30)45)31(29-12-13-33(47-2)34(25-29)48-3)16-19-40-35(44)24-27-14-17-39-18-15-27/h4-15,17-18,25-26,31H,16,19-24H2,1-3H3,(H,40,44)/t26-,31?/m1/s1. The second kappa shape index (κ2) is 14.7. The average Bonchev–Trinajstić information content (AvgIpc) is 3.39. The molecule has 0 spiro atoms. The van der Waals surface area contributed by atoms with Crippen LogP contribution in [0.15, 0.2) is 91.3 Å². The van der Waals surface area contributed by atoms with Crippen molar-refractivity contribution >= 4 is 23.4 Å². The first-order valence-electron chi connectivity index (χ1n) is 16.3. The summed E-state index contributed by atoms with van der Waals surface area (Å²) in [5.41, 5.74) is 4.43. The third-order valence-corrected chi connectivity index (χ3v) is 9.37. The molecule has 248 valence electrons. The molecule has 48 heavy (non-hydrogen) atoms. The van der Waals surface area contributed by atoms with E-state index in [4.69, 9.17) is 9.47 Å². The van der Waals surface area contributed by atoms with Crippen molar-refractivity contribution in [3.05, 3.63) is 119 Å². The van der Waals surface area contributed by atoms with E-state index in [1.807, 2.05) is 24.3 Å². The molecule has 1 N–H and O–H groups in total. The Morgan fingerprint density at radius 2 is 1.56 bits per heavy atom. The van der Waals surface area contributed by atoms with E-state index in [1.165, 1.54) is 10.5 Å². The highest BCUT2D eigenvalue weighted by Gasteiger charge is 2.43. The quantitative estimate of drug-likeness (QED) is 0.213. The number of piperazine rings is 1. The van der Waals surface area contributed by atoms with Crippen molar-refractivity contribution in [2.24, 2.45) is 0 Å². The van der Waals surface area contributed by atoms with Crippen molar-refractivity contribution in [1.29, 1.82) is 0 Å². The molecule has 3 heterocycles. The number of rotatable bonds is 12. The van der Waals surface area contributed by atoms with Gasteiger partial charge in [-0.05, 0) is 66.4 Å². The van der Waals surface area contributed by atoms with Gasteiger partial charge in [0.1, 0.15) is 0 Å². The first-order chi connectivity index (χ1) is 23.4. The molecule has 10 nitrogen and oxygen atoms in total. The summed E-state index contributed by atoms with van der Waals surface area (Å²) in [4.78, 5) is 51.3. The van der Waals surface area contributed by atoms with Crippen LogP contribution in [0.1, 0.15) is 62.8 Å². The number of ether oxygens (including phenoxy) is 2. The van der Waals surface area contributed by atoms with E-state index in [-0.39, 0.29) is 36.7 Å². The smallest absolute Gasteiger partial charge is 0.264 e. The molecular formula is C38H41N5O5. The van der Waals surface area contributed by atoms with Crippen LogP contribution in [0.4, 0.5) is 5.69 Å². The van der Waals surface area contributed by atoms with Crippen molar-refractivity contribution < 1.29 is 23.9 Å². The van der Waals surface area contributed by atoms with Crippen molar-refractivity contribution in [2.45, 2.75) is 31.8 Å². The number of aromatic nitrogens is 1. The van der Waals surface area contributed by atoms with Crippen LogP contribution >= 0.6 is 0 Å². The summed E-state index contributed by atoms with van der Waals surface area (Å²) in [6, 6.07) is 24.6. The molecule has 0 bridgehead atoms. The summed E-state index contributed by atoms with van der Waals surface area (Å²) in [5.74, 6) is 0.181. The third kappa shape index (κ3) is 6.75. The van der Waals surface area contributed by atoms with Crippen LogP contribution < -0.4 is 19.7 Å². The van der Waals surface area contributed by atoms with Gasteiger partial charge in [0.15, 0.2) is 11.5 Å². The number of anilines is 1. The number of benzene rings is 3. The Labute approximate surface area is 281 Å². The lowest BCUT2D eigenvalue weighted by Crippen LogP contribution is -2.47. The fourth-order valence-electron chi connectivity index (χ4n) is 6.73. The van der Waals surface area contributed by atoms with E-state index in [0.29, 0.717) is 34.6 Å². The Morgan fingerprint density at radius 1 is 0.833 bits per heavy atom. The molecule has 0 radical (unpaired) electrons. The molecule has 1 saturated heterocycles. The predicted octanol–water partition coefficient (Wildman–Crippen LogP) is 5.07. The first-order valence-corrected chi connectivity index (χ1v) is 16.3. The van der Waals surface area contributed by atoms with Gasteiger partial charge in [0, 0.05) is 51.2 Å². The van der Waals surface area contributed by atoms with Crippen LogP contribution in [0, 0.1) is 0 Å². The van der Waals surface area contributed by atoms with E-state index < -0.39 is 6.04 Å². The number of hydrogen-bond donors (Lipinski definition) is 1. The minimum atomic E-state index is -0.658. The van der Waals surface area contributed by atoms with Crippen molar-refractivity contribution in [1.82, 2.24) is 20.1 Å². The van der Waals surface area contributed by atoms with E-state index in [9.17, 15) is 14.4 Å². The fraction of sp³-hybridized carbons (Fsp3) is 0.316. The third-order valence-electron chi connectivity index (χ3n) is 9.37. The molecule has 1 unspecified atom stereocenters. The number of pyridine rings is 1. The van der Waals surface area contributed by atoms with Crippen LogP contribution in [-0.4, -0.2) is 79.4 Å². The Balaban J connectivity index is 1.23. The summed E-state index contributed by atoms with van der Waals surface area (Å²) >= 11 is 0. The minimum Gasteiger partial charge on any atom is -0.493 e. The zero-order valence-corrected chi connectivity index (χ0v) is 27.6. The molecule has 2 aliphatic heterocycles. The molecule has 0 aliphatic carbocycles. The number of methoxy groups -OCH3 is 2. The number of imide groups is 1. The van der Waals surface area contributed by atoms with Crippen molar-refractivity contribution in [2.75, 3.05) is 51.8 Å². The molecule has 1 fully saturated rings. The lowest BCUT2D eigenvalue weighted by molar-refractivity contribution is -0.120. The summed E-state index contributed by atoms with van der Waals surface area (Å²) < 4.78 is 11.0. The van der Waals surface area contributed by atoms with Crippen LogP contribution in [0.5, 0.6) is 11.5 Å². The highest BCUT2D eigenvalue weighted by molar-refractivity contribution is 6.24. The van der Waals surface area contributed by atoms with Crippen LogP contribution in [0.2, 0.25) is 0 Å². The molecule has 0 saturated carbocycles. The Bertz CT molecular complexity index is 1760. The van der Waals surface area contributed by atoms with Gasteiger partial charge < -0.3 is 19.7 Å². The lowest BCUT2D eigenvalue weighted by atomic mass is 10.0. The summed E-state index contributed by atoms with van der Waals surface area (Å²) in [6.45, 7) is 5.61. The second-order valence-corrected chi connectivity index (χ2v) is 12.1. The van der Waals surface area contributed by atoms with Gasteiger partial charge in [-0.25, -0.2) is 0 Å². The zero-order chi connectivity index (χ0) is 33.6. The predicted molar refractivity (Wildman–Crippen MR) is 183 cm³/mol. The molecule has 3 aromatic carbocycles. The molecule has 6 rings (SSSR count). The second-order valence-electron chi connectivity index (χ2n) is 12.1. The number of nitrogens with one attached hydrogen (secondary N) is 1. The molecule has 2 aliphatic rings. The van der Waals surface area contributed by atoms with Gasteiger partial charge in [0.25, 0.3) is 11.8 Å². The Hall–Kier alpha value is -5.22. The van der Waals surface area contributed by atoms with E-state index >= 15 is 0 Å². The lowest BCUT2D eigenvalue weighted by Gasteiger charge is -2.39. The maximum absolute atomic E-state index is 14.4. The molecule has 1 aromatic heterocycles. The molecule has 10 heteroatoms. The number of nitrogens with zero attached hydrogens (tertiary/aromatic N) is 4. The number of hydrogen-bond acceptors (Lipinski definition) is 8. The number of fused-ring (bicyclic) bond motifs is 1. The molecule has 3 amide bonds. The SMILES string of the molecule is COc1ccc(C(CCNC(=O)Cc2ccncc2)N2C(=O)c3cccc(N4CCN([C@H](C)c5ccccc5)CC4)c3C2=O)cc1OC.